The van der Waals surface area contributed by atoms with E-state index in [-0.39, 0.29) is 18.0 Å². The highest BCUT2D eigenvalue weighted by Gasteiger charge is 2.32. The predicted octanol–water partition coefficient (Wildman–Crippen LogP) is 0.445. The summed E-state index contributed by atoms with van der Waals surface area (Å²) in [7, 11) is -1.30. The number of ether oxygens (including phenoxy) is 1. The number of carbonyl (C=O) groups is 1. The van der Waals surface area contributed by atoms with Gasteiger partial charge >= 0.3 is 10.2 Å². The van der Waals surface area contributed by atoms with E-state index in [1.165, 1.54) is 20.2 Å². The predicted molar refractivity (Wildman–Crippen MR) is 93.6 cm³/mol. The van der Waals surface area contributed by atoms with Gasteiger partial charge in [-0.15, -0.1) is 4.40 Å². The van der Waals surface area contributed by atoms with Gasteiger partial charge in [0.2, 0.25) is 0 Å². The van der Waals surface area contributed by atoms with Gasteiger partial charge in [0.1, 0.15) is 11.4 Å². The van der Waals surface area contributed by atoms with Crippen molar-refractivity contribution >= 4 is 21.8 Å². The second-order valence-electron chi connectivity index (χ2n) is 6.18. The van der Waals surface area contributed by atoms with Crippen LogP contribution in [0.2, 0.25) is 0 Å². The molecule has 1 aliphatic heterocycles. The maximum absolute atomic E-state index is 12.5. The molecular weight excluding hydrogens is 346 g/mol. The molecule has 0 spiro atoms. The van der Waals surface area contributed by atoms with E-state index < -0.39 is 21.7 Å². The Balaban J connectivity index is 2.47. The van der Waals surface area contributed by atoms with Gasteiger partial charge in [0.05, 0.1) is 25.0 Å². The molecule has 0 bridgehead atoms. The SMILES string of the molecule is COc1cccc(C2=NS(=O)(=O)N(C)C(C(=O)NC(C)(C)CO)=C2)c1. The summed E-state index contributed by atoms with van der Waals surface area (Å²) < 4.78 is 34.3. The summed E-state index contributed by atoms with van der Waals surface area (Å²) in [6, 6.07) is 6.72. The lowest BCUT2D eigenvalue weighted by atomic mass is 10.1. The molecule has 25 heavy (non-hydrogen) atoms. The highest BCUT2D eigenvalue weighted by molar-refractivity contribution is 7.88. The van der Waals surface area contributed by atoms with Crippen LogP contribution in [0.15, 0.2) is 40.4 Å². The molecule has 1 aromatic carbocycles. The Labute approximate surface area is 147 Å². The number of nitrogens with one attached hydrogen (secondary N) is 1. The van der Waals surface area contributed by atoms with Crippen molar-refractivity contribution in [2.45, 2.75) is 19.4 Å². The van der Waals surface area contributed by atoms with Gasteiger partial charge in [-0.1, -0.05) is 12.1 Å². The quantitative estimate of drug-likeness (QED) is 0.785. The molecule has 0 saturated carbocycles. The Morgan fingerprint density at radius 2 is 2.08 bits per heavy atom. The summed E-state index contributed by atoms with van der Waals surface area (Å²) in [5.74, 6) is -0.0854. The van der Waals surface area contributed by atoms with Crippen LogP contribution < -0.4 is 10.1 Å². The molecular formula is C16H21N3O5S. The standard InChI is InChI=1S/C16H21N3O5S/c1-16(2,10-20)17-15(21)14-9-13(18-25(22,23)19(14)3)11-6-5-7-12(8-11)24-4/h5-9,20H,10H2,1-4H3,(H,17,21). The molecule has 1 amide bonds. The second-order valence-corrected chi connectivity index (χ2v) is 7.81. The van der Waals surface area contributed by atoms with Gasteiger partial charge in [-0.2, -0.15) is 8.42 Å². The number of hydrogen-bond donors (Lipinski definition) is 2. The van der Waals surface area contributed by atoms with Crippen LogP contribution in [0, 0.1) is 0 Å². The molecule has 9 heteroatoms. The van der Waals surface area contributed by atoms with Crippen molar-refractivity contribution in [1.82, 2.24) is 9.62 Å². The third kappa shape index (κ3) is 4.18. The lowest BCUT2D eigenvalue weighted by molar-refractivity contribution is -0.120. The average molecular weight is 367 g/mol. The van der Waals surface area contributed by atoms with Crippen LogP contribution in [-0.2, 0) is 15.0 Å². The third-order valence-electron chi connectivity index (χ3n) is 3.62. The molecule has 1 aromatic rings. The van der Waals surface area contributed by atoms with E-state index in [0.717, 1.165) is 4.31 Å². The van der Waals surface area contributed by atoms with Crippen LogP contribution in [0.1, 0.15) is 19.4 Å². The summed E-state index contributed by atoms with van der Waals surface area (Å²) in [6.45, 7) is 2.96. The minimum Gasteiger partial charge on any atom is -0.497 e. The van der Waals surface area contributed by atoms with Gasteiger partial charge in [0, 0.05) is 12.6 Å². The monoisotopic (exact) mass is 367 g/mol. The second kappa shape index (κ2) is 6.85. The van der Waals surface area contributed by atoms with Gasteiger partial charge in [-0.3, -0.25) is 4.79 Å². The molecule has 136 valence electrons. The first-order chi connectivity index (χ1) is 11.6. The average Bonchev–Trinajstić information content (AvgIpc) is 2.56. The summed E-state index contributed by atoms with van der Waals surface area (Å²) in [5, 5.41) is 11.9. The molecule has 0 fully saturated rings. The summed E-state index contributed by atoms with van der Waals surface area (Å²) in [5.41, 5.74) is -0.353. The topological polar surface area (TPSA) is 108 Å². The van der Waals surface area contributed by atoms with Crippen molar-refractivity contribution in [2.75, 3.05) is 20.8 Å². The Kier molecular flexibility index (Phi) is 5.19. The molecule has 0 aliphatic carbocycles. The van der Waals surface area contributed by atoms with Crippen LogP contribution >= 0.6 is 0 Å². The zero-order chi connectivity index (χ0) is 18.8. The molecule has 1 heterocycles. The first-order valence-corrected chi connectivity index (χ1v) is 8.87. The lowest BCUT2D eigenvalue weighted by Gasteiger charge is -2.28. The molecule has 0 aromatic heterocycles. The Morgan fingerprint density at radius 3 is 2.68 bits per heavy atom. The number of carbonyl (C=O) groups excluding carboxylic acids is 1. The fraction of sp³-hybridized carbons (Fsp3) is 0.375. The molecule has 0 radical (unpaired) electrons. The fourth-order valence-corrected chi connectivity index (χ4v) is 3.01. The molecule has 8 nitrogen and oxygen atoms in total. The number of methoxy groups -OCH3 is 1. The number of likely N-dealkylation sites (N-methyl/N-ethyl adjacent to an activating group) is 1. The fourth-order valence-electron chi connectivity index (χ4n) is 2.09. The summed E-state index contributed by atoms with van der Waals surface area (Å²) >= 11 is 0. The van der Waals surface area contributed by atoms with Gasteiger partial charge in [0.15, 0.2) is 0 Å². The smallest absolute Gasteiger partial charge is 0.345 e. The van der Waals surface area contributed by atoms with E-state index in [4.69, 9.17) is 4.74 Å². The lowest BCUT2D eigenvalue weighted by Crippen LogP contribution is -2.49. The summed E-state index contributed by atoms with van der Waals surface area (Å²) in [4.78, 5) is 12.5. The van der Waals surface area contributed by atoms with Crippen LogP contribution in [-0.4, -0.2) is 55.8 Å². The molecule has 2 rings (SSSR count). The number of nitrogens with zero attached hydrogens (tertiary/aromatic N) is 2. The van der Waals surface area contributed by atoms with Crippen molar-refractivity contribution in [3.05, 3.63) is 41.6 Å². The Morgan fingerprint density at radius 1 is 1.40 bits per heavy atom. The number of aliphatic hydroxyl groups is 1. The molecule has 0 saturated heterocycles. The normalized spacial score (nSPS) is 16.8. The minimum absolute atomic E-state index is 0.0886. The highest BCUT2D eigenvalue weighted by atomic mass is 32.2. The van der Waals surface area contributed by atoms with E-state index >= 15 is 0 Å². The van der Waals surface area contributed by atoms with Crippen LogP contribution in [0.3, 0.4) is 0 Å². The summed E-state index contributed by atoms with van der Waals surface area (Å²) in [6.07, 6.45) is 1.39. The first-order valence-electron chi connectivity index (χ1n) is 7.48. The Bertz CT molecular complexity index is 843. The largest absolute Gasteiger partial charge is 0.497 e. The third-order valence-corrected chi connectivity index (χ3v) is 4.93. The number of rotatable bonds is 5. The highest BCUT2D eigenvalue weighted by Crippen LogP contribution is 2.22. The van der Waals surface area contributed by atoms with Crippen molar-refractivity contribution in [3.8, 4) is 5.75 Å². The molecule has 0 unspecified atom stereocenters. The van der Waals surface area contributed by atoms with E-state index in [9.17, 15) is 18.3 Å². The molecule has 1 aliphatic rings. The van der Waals surface area contributed by atoms with Crippen LogP contribution in [0.5, 0.6) is 5.75 Å². The van der Waals surface area contributed by atoms with Gasteiger partial charge < -0.3 is 15.2 Å². The van der Waals surface area contributed by atoms with Crippen molar-refractivity contribution in [3.63, 3.8) is 0 Å². The zero-order valence-electron chi connectivity index (χ0n) is 14.5. The number of amides is 1. The van der Waals surface area contributed by atoms with Crippen molar-refractivity contribution < 1.29 is 23.1 Å². The van der Waals surface area contributed by atoms with Crippen LogP contribution in [0.4, 0.5) is 0 Å². The van der Waals surface area contributed by atoms with Crippen molar-refractivity contribution in [2.24, 2.45) is 4.40 Å². The van der Waals surface area contributed by atoms with Gasteiger partial charge in [-0.05, 0) is 32.1 Å². The van der Waals surface area contributed by atoms with Gasteiger partial charge in [0.25, 0.3) is 5.91 Å². The van der Waals surface area contributed by atoms with Crippen molar-refractivity contribution in [1.29, 1.82) is 0 Å². The number of allylic oxidation sites excluding steroid dienone is 1. The first kappa shape index (κ1) is 18.9. The maximum Gasteiger partial charge on any atom is 0.345 e. The minimum atomic E-state index is -4.05. The number of benzene rings is 1. The Hall–Kier alpha value is -2.39. The van der Waals surface area contributed by atoms with E-state index in [1.807, 2.05) is 0 Å². The van der Waals surface area contributed by atoms with Gasteiger partial charge in [-0.25, -0.2) is 4.31 Å². The number of aliphatic hydroxyl groups excluding tert-OH is 1. The van der Waals surface area contributed by atoms with Crippen LogP contribution in [0.25, 0.3) is 0 Å². The maximum atomic E-state index is 12.5. The number of hydrogen-bond acceptors (Lipinski definition) is 5. The zero-order valence-corrected chi connectivity index (χ0v) is 15.3. The molecule has 0 atom stereocenters. The van der Waals surface area contributed by atoms with E-state index in [1.54, 1.807) is 38.1 Å². The van der Waals surface area contributed by atoms with E-state index in [2.05, 4.69) is 9.71 Å². The van der Waals surface area contributed by atoms with E-state index in [0.29, 0.717) is 11.3 Å². The molecule has 2 N–H and O–H groups in total.